The number of nitrogens with one attached hydrogen (secondary N) is 2. The first-order chi connectivity index (χ1) is 10.3. The minimum absolute atomic E-state index is 0.358. The topological polar surface area (TPSA) is 27.3 Å². The lowest BCUT2D eigenvalue weighted by Crippen LogP contribution is -2.42. The zero-order valence-corrected chi connectivity index (χ0v) is 14.0. The summed E-state index contributed by atoms with van der Waals surface area (Å²) in [5, 5.41) is 0.730. The molecule has 2 N–H and O–H groups in total. The van der Waals surface area contributed by atoms with Gasteiger partial charge in [0.05, 0.1) is 6.17 Å². The average Bonchev–Trinajstić information content (AvgIpc) is 3.15. The van der Waals surface area contributed by atoms with E-state index in [0.29, 0.717) is 11.7 Å². The van der Waals surface area contributed by atoms with Crippen LogP contribution in [0.2, 0.25) is 0 Å². The fourth-order valence-corrected chi connectivity index (χ4v) is 5.09. The van der Waals surface area contributed by atoms with E-state index in [1.54, 1.807) is 0 Å². The van der Waals surface area contributed by atoms with Crippen molar-refractivity contribution < 1.29 is 0 Å². The fourth-order valence-electron chi connectivity index (χ4n) is 2.77. The molecule has 2 heterocycles. The molecule has 0 radical (unpaired) electrons. The van der Waals surface area contributed by atoms with Crippen molar-refractivity contribution in [1.82, 2.24) is 15.8 Å². The minimum atomic E-state index is 0.358. The Morgan fingerprint density at radius 2 is 2.19 bits per heavy atom. The molecular formula is C16H23N3S2. The van der Waals surface area contributed by atoms with Crippen molar-refractivity contribution in [2.24, 2.45) is 0 Å². The van der Waals surface area contributed by atoms with E-state index in [4.69, 9.17) is 0 Å². The summed E-state index contributed by atoms with van der Waals surface area (Å²) < 4.78 is 0. The lowest BCUT2D eigenvalue weighted by molar-refractivity contribution is 0.271. The van der Waals surface area contributed by atoms with Crippen LogP contribution in [0.25, 0.3) is 6.08 Å². The Labute approximate surface area is 135 Å². The molecule has 2 saturated heterocycles. The van der Waals surface area contributed by atoms with E-state index >= 15 is 0 Å². The van der Waals surface area contributed by atoms with Crippen LogP contribution in [0.3, 0.4) is 0 Å². The molecule has 0 saturated carbocycles. The van der Waals surface area contributed by atoms with Gasteiger partial charge in [-0.3, -0.25) is 4.90 Å². The van der Waals surface area contributed by atoms with Gasteiger partial charge in [-0.25, -0.2) is 10.9 Å². The molecule has 1 aromatic rings. The second-order valence-electron chi connectivity index (χ2n) is 5.45. The lowest BCUT2D eigenvalue weighted by Gasteiger charge is -2.26. The maximum Gasteiger partial charge on any atom is 0.122 e. The van der Waals surface area contributed by atoms with Crippen LogP contribution in [0.15, 0.2) is 36.4 Å². The molecule has 1 aromatic carbocycles. The van der Waals surface area contributed by atoms with Crippen molar-refractivity contribution in [3.63, 3.8) is 0 Å². The first-order valence-electron chi connectivity index (χ1n) is 7.52. The maximum absolute atomic E-state index is 3.47. The molecule has 0 aliphatic carbocycles. The van der Waals surface area contributed by atoms with E-state index in [9.17, 15) is 0 Å². The van der Waals surface area contributed by atoms with Gasteiger partial charge in [0, 0.05) is 11.0 Å². The van der Waals surface area contributed by atoms with E-state index in [2.05, 4.69) is 77.0 Å². The molecule has 2 aliphatic heterocycles. The van der Waals surface area contributed by atoms with E-state index in [0.717, 1.165) is 11.0 Å². The van der Waals surface area contributed by atoms with Gasteiger partial charge in [-0.1, -0.05) is 42.5 Å². The van der Waals surface area contributed by atoms with Crippen molar-refractivity contribution >= 4 is 29.6 Å². The number of thioether (sulfide) groups is 2. The summed E-state index contributed by atoms with van der Waals surface area (Å²) in [5.74, 6) is 2.33. The number of hydrazine groups is 1. The first-order valence-corrected chi connectivity index (χ1v) is 9.62. The van der Waals surface area contributed by atoms with Crippen LogP contribution in [0.4, 0.5) is 0 Å². The van der Waals surface area contributed by atoms with Gasteiger partial charge in [0.15, 0.2) is 0 Å². The highest BCUT2D eigenvalue weighted by Gasteiger charge is 2.36. The summed E-state index contributed by atoms with van der Waals surface area (Å²) in [5.41, 5.74) is 8.52. The fraction of sp³-hybridized carbons (Fsp3) is 0.500. The summed E-state index contributed by atoms with van der Waals surface area (Å²) in [4.78, 5) is 2.43. The summed E-state index contributed by atoms with van der Waals surface area (Å²) in [7, 11) is 2.22. The number of nitrogens with zero attached hydrogens (tertiary/aromatic N) is 1. The highest BCUT2D eigenvalue weighted by atomic mass is 32.2. The number of benzene rings is 1. The highest BCUT2D eigenvalue weighted by molar-refractivity contribution is 8.00. The molecule has 0 spiro atoms. The smallest absolute Gasteiger partial charge is 0.122 e. The quantitative estimate of drug-likeness (QED) is 0.870. The molecule has 0 bridgehead atoms. The van der Waals surface area contributed by atoms with Gasteiger partial charge in [-0.15, -0.1) is 11.8 Å². The van der Waals surface area contributed by atoms with Gasteiger partial charge < -0.3 is 0 Å². The zero-order valence-electron chi connectivity index (χ0n) is 12.4. The molecule has 3 unspecified atom stereocenters. The summed E-state index contributed by atoms with van der Waals surface area (Å²) in [6.45, 7) is 0. The van der Waals surface area contributed by atoms with Crippen LogP contribution in [-0.4, -0.2) is 40.4 Å². The number of hydrogen-bond acceptors (Lipinski definition) is 5. The Balaban J connectivity index is 1.44. The average molecular weight is 322 g/mol. The van der Waals surface area contributed by atoms with Crippen LogP contribution in [0.5, 0.6) is 0 Å². The minimum Gasteiger partial charge on any atom is -0.264 e. The molecule has 114 valence electrons. The Morgan fingerprint density at radius 3 is 2.95 bits per heavy atom. The molecule has 21 heavy (non-hydrogen) atoms. The molecule has 5 heteroatoms. The van der Waals surface area contributed by atoms with E-state index in [1.165, 1.54) is 24.2 Å². The third-order valence-electron chi connectivity index (χ3n) is 3.94. The molecule has 3 atom stereocenters. The van der Waals surface area contributed by atoms with Gasteiger partial charge in [0.25, 0.3) is 0 Å². The first kappa shape index (κ1) is 15.4. The van der Waals surface area contributed by atoms with Crippen LogP contribution in [0, 0.1) is 0 Å². The second-order valence-corrected chi connectivity index (χ2v) is 7.91. The van der Waals surface area contributed by atoms with Crippen LogP contribution < -0.4 is 10.9 Å². The Morgan fingerprint density at radius 1 is 1.33 bits per heavy atom. The predicted octanol–water partition coefficient (Wildman–Crippen LogP) is 2.98. The molecular weight excluding hydrogens is 298 g/mol. The van der Waals surface area contributed by atoms with Crippen molar-refractivity contribution in [1.29, 1.82) is 0 Å². The Hall–Kier alpha value is -0.460. The molecule has 2 fully saturated rings. The van der Waals surface area contributed by atoms with E-state index in [-0.39, 0.29) is 0 Å². The van der Waals surface area contributed by atoms with Gasteiger partial charge >= 0.3 is 0 Å². The summed E-state index contributed by atoms with van der Waals surface area (Å²) in [6, 6.07) is 10.5. The molecule has 0 aromatic heterocycles. The zero-order chi connectivity index (χ0) is 14.5. The summed E-state index contributed by atoms with van der Waals surface area (Å²) >= 11 is 4.03. The van der Waals surface area contributed by atoms with Crippen molar-refractivity contribution in [3.05, 3.63) is 42.0 Å². The van der Waals surface area contributed by atoms with Crippen LogP contribution >= 0.6 is 23.5 Å². The van der Waals surface area contributed by atoms with Crippen molar-refractivity contribution in [2.75, 3.05) is 18.6 Å². The van der Waals surface area contributed by atoms with E-state index < -0.39 is 0 Å². The van der Waals surface area contributed by atoms with Crippen LogP contribution in [-0.2, 0) is 0 Å². The third-order valence-corrected chi connectivity index (χ3v) is 6.54. The number of rotatable bonds is 5. The normalized spacial score (nSPS) is 30.4. The lowest BCUT2D eigenvalue weighted by atomic mass is 10.2. The Bertz CT molecular complexity index is 460. The van der Waals surface area contributed by atoms with Crippen molar-refractivity contribution in [3.8, 4) is 0 Å². The summed E-state index contributed by atoms with van der Waals surface area (Å²) in [6.07, 6.45) is 7.60. The largest absolute Gasteiger partial charge is 0.264 e. The maximum atomic E-state index is 3.47. The SMILES string of the molecule is CN1C(SC/C=C/c2ccccc2)NNC1C1CCCS1. The van der Waals surface area contributed by atoms with Gasteiger partial charge in [0.2, 0.25) is 0 Å². The molecule has 2 aliphatic rings. The second kappa shape index (κ2) is 7.70. The number of hydrogen-bond donors (Lipinski definition) is 2. The Kier molecular flexibility index (Phi) is 5.66. The third kappa shape index (κ3) is 4.05. The van der Waals surface area contributed by atoms with Crippen LogP contribution in [0.1, 0.15) is 18.4 Å². The van der Waals surface area contributed by atoms with Gasteiger partial charge in [0.1, 0.15) is 5.50 Å². The van der Waals surface area contributed by atoms with Crippen molar-refractivity contribution in [2.45, 2.75) is 29.8 Å². The monoisotopic (exact) mass is 321 g/mol. The molecule has 3 rings (SSSR count). The van der Waals surface area contributed by atoms with Gasteiger partial charge in [-0.05, 0) is 31.2 Å². The highest BCUT2D eigenvalue weighted by Crippen LogP contribution is 2.32. The van der Waals surface area contributed by atoms with Gasteiger partial charge in [-0.2, -0.15) is 11.8 Å². The standard InChI is InChI=1S/C16H23N3S2/c1-19-15(14-10-6-11-20-14)17-18-16(19)21-12-5-9-13-7-3-2-4-8-13/h2-5,7-9,14-18H,6,10-12H2,1H3/b9-5+. The van der Waals surface area contributed by atoms with E-state index in [1.807, 2.05) is 11.8 Å². The molecule has 3 nitrogen and oxygen atoms in total. The predicted molar refractivity (Wildman–Crippen MR) is 95.0 cm³/mol. The molecule has 0 amide bonds.